The first-order valence-electron chi connectivity index (χ1n) is 8.85. The first-order valence-corrected chi connectivity index (χ1v) is 10.7. The van der Waals surface area contributed by atoms with Gasteiger partial charge in [-0.2, -0.15) is 11.3 Å². The lowest BCUT2D eigenvalue weighted by molar-refractivity contribution is -0.120. The SMILES string of the molecule is CN(C)C(C(=O)Nc1ccc(N)c(C(=N)c2cccc(SN)c2)c1)c1ccsc1. The number of carbonyl (C=O) groups is 1. The number of nitrogens with zero attached hydrogens (tertiary/aromatic N) is 1. The van der Waals surface area contributed by atoms with Gasteiger partial charge in [0.2, 0.25) is 5.91 Å². The summed E-state index contributed by atoms with van der Waals surface area (Å²) in [6.45, 7) is 0. The maximum Gasteiger partial charge on any atom is 0.246 e. The molecule has 150 valence electrons. The third-order valence-electron chi connectivity index (χ3n) is 4.47. The van der Waals surface area contributed by atoms with Gasteiger partial charge in [-0.15, -0.1) is 0 Å². The van der Waals surface area contributed by atoms with Crippen LogP contribution in [0.3, 0.4) is 0 Å². The quantitative estimate of drug-likeness (QED) is 0.260. The van der Waals surface area contributed by atoms with Gasteiger partial charge in [-0.3, -0.25) is 20.2 Å². The predicted molar refractivity (Wildman–Crippen MR) is 123 cm³/mol. The van der Waals surface area contributed by atoms with Crippen molar-refractivity contribution in [3.63, 3.8) is 0 Å². The summed E-state index contributed by atoms with van der Waals surface area (Å²) >= 11 is 2.68. The third kappa shape index (κ3) is 4.86. The van der Waals surface area contributed by atoms with Crippen LogP contribution in [0.25, 0.3) is 0 Å². The lowest BCUT2D eigenvalue weighted by Crippen LogP contribution is -2.32. The van der Waals surface area contributed by atoms with Gasteiger partial charge in [0.1, 0.15) is 6.04 Å². The molecule has 1 heterocycles. The van der Waals surface area contributed by atoms with Crippen molar-refractivity contribution >= 4 is 46.3 Å². The van der Waals surface area contributed by atoms with Gasteiger partial charge >= 0.3 is 0 Å². The highest BCUT2D eigenvalue weighted by molar-refractivity contribution is 7.97. The summed E-state index contributed by atoms with van der Waals surface area (Å²) < 4.78 is 0. The molecular weight excluding hydrogens is 402 g/mol. The fourth-order valence-electron chi connectivity index (χ4n) is 3.06. The van der Waals surface area contributed by atoms with E-state index in [-0.39, 0.29) is 11.6 Å². The number of thiophene rings is 1. The summed E-state index contributed by atoms with van der Waals surface area (Å²) in [5.74, 6) is -0.141. The number of anilines is 2. The maximum absolute atomic E-state index is 12.9. The summed E-state index contributed by atoms with van der Waals surface area (Å²) in [6.07, 6.45) is 0. The minimum atomic E-state index is -0.403. The van der Waals surface area contributed by atoms with Crippen molar-refractivity contribution in [2.75, 3.05) is 25.1 Å². The summed E-state index contributed by atoms with van der Waals surface area (Å²) in [6, 6.07) is 14.1. The highest BCUT2D eigenvalue weighted by atomic mass is 32.2. The fraction of sp³-hybridized carbons (Fsp3) is 0.143. The van der Waals surface area contributed by atoms with E-state index in [4.69, 9.17) is 16.3 Å². The molecule has 0 radical (unpaired) electrons. The number of nitrogens with two attached hydrogens (primary N) is 2. The van der Waals surface area contributed by atoms with Crippen molar-refractivity contribution < 1.29 is 4.79 Å². The molecule has 0 aliphatic rings. The van der Waals surface area contributed by atoms with E-state index in [0.29, 0.717) is 22.5 Å². The highest BCUT2D eigenvalue weighted by Gasteiger charge is 2.23. The molecule has 2 aromatic carbocycles. The normalized spacial score (nSPS) is 12.0. The van der Waals surface area contributed by atoms with Gasteiger partial charge in [-0.25, -0.2) is 0 Å². The lowest BCUT2D eigenvalue weighted by atomic mass is 10.00. The van der Waals surface area contributed by atoms with Crippen molar-refractivity contribution in [1.29, 1.82) is 5.41 Å². The Bertz CT molecular complexity index is 1020. The summed E-state index contributed by atoms with van der Waals surface area (Å²) in [5.41, 5.74) is 9.67. The monoisotopic (exact) mass is 425 g/mol. The number of hydrogen-bond donors (Lipinski definition) is 4. The summed E-state index contributed by atoms with van der Waals surface area (Å²) in [7, 11) is 3.74. The number of likely N-dealkylation sites (N-methyl/N-ethyl adjacent to an activating group) is 1. The van der Waals surface area contributed by atoms with Crippen LogP contribution in [0.5, 0.6) is 0 Å². The van der Waals surface area contributed by atoms with Crippen LogP contribution in [0.2, 0.25) is 0 Å². The third-order valence-corrected chi connectivity index (χ3v) is 5.70. The fourth-order valence-corrected chi connectivity index (χ4v) is 4.09. The van der Waals surface area contributed by atoms with Crippen LogP contribution in [0.1, 0.15) is 22.7 Å². The molecule has 1 amide bonds. The molecule has 1 unspecified atom stereocenters. The maximum atomic E-state index is 12.9. The number of rotatable bonds is 7. The minimum Gasteiger partial charge on any atom is -0.398 e. The van der Waals surface area contributed by atoms with Gasteiger partial charge in [0.05, 0.1) is 5.71 Å². The van der Waals surface area contributed by atoms with Gasteiger partial charge < -0.3 is 11.1 Å². The molecule has 0 spiro atoms. The topological polar surface area (TPSA) is 108 Å². The van der Waals surface area contributed by atoms with E-state index in [9.17, 15) is 4.79 Å². The van der Waals surface area contributed by atoms with Gasteiger partial charge in [0, 0.05) is 27.4 Å². The first kappa shape index (κ1) is 21.1. The molecule has 0 aliphatic heterocycles. The molecule has 6 N–H and O–H groups in total. The molecule has 1 atom stereocenters. The largest absolute Gasteiger partial charge is 0.398 e. The van der Waals surface area contributed by atoms with Gasteiger partial charge in [-0.05, 0) is 78.8 Å². The molecule has 3 aromatic rings. The smallest absolute Gasteiger partial charge is 0.246 e. The summed E-state index contributed by atoms with van der Waals surface area (Å²) in [4.78, 5) is 15.7. The first-order chi connectivity index (χ1) is 13.9. The molecule has 29 heavy (non-hydrogen) atoms. The molecule has 6 nitrogen and oxygen atoms in total. The average Bonchev–Trinajstić information content (AvgIpc) is 3.22. The van der Waals surface area contributed by atoms with E-state index in [2.05, 4.69) is 5.32 Å². The average molecular weight is 426 g/mol. The van der Waals surface area contributed by atoms with Gasteiger partial charge in [0.25, 0.3) is 0 Å². The van der Waals surface area contributed by atoms with Crippen LogP contribution in [0.15, 0.2) is 64.2 Å². The number of amides is 1. The molecule has 0 aliphatic carbocycles. The van der Waals surface area contributed by atoms with Crippen molar-refractivity contribution in [2.45, 2.75) is 10.9 Å². The molecule has 0 saturated carbocycles. The number of nitrogens with one attached hydrogen (secondary N) is 2. The zero-order valence-electron chi connectivity index (χ0n) is 16.2. The Balaban J connectivity index is 1.86. The Labute approximate surface area is 178 Å². The van der Waals surface area contributed by atoms with Crippen molar-refractivity contribution in [2.24, 2.45) is 5.14 Å². The second-order valence-corrected chi connectivity index (χ2v) is 8.22. The molecule has 3 rings (SSSR count). The molecule has 1 aromatic heterocycles. The second-order valence-electron chi connectivity index (χ2n) is 6.73. The second kappa shape index (κ2) is 9.23. The number of benzene rings is 2. The standard InChI is InChI=1S/C21H23N5OS2/c1-26(2)20(14-8-9-28-12-14)21(27)25-15-6-7-18(22)17(11-15)19(23)13-4-3-5-16(10-13)29-24/h3-12,20,23H,22,24H2,1-2H3,(H,25,27). The van der Waals surface area contributed by atoms with Crippen LogP contribution < -0.4 is 16.2 Å². The zero-order valence-corrected chi connectivity index (χ0v) is 17.8. The van der Waals surface area contributed by atoms with Crippen molar-refractivity contribution in [3.05, 3.63) is 76.0 Å². The molecule has 0 saturated heterocycles. The van der Waals surface area contributed by atoms with Gasteiger partial charge in [-0.1, -0.05) is 12.1 Å². The van der Waals surface area contributed by atoms with E-state index in [1.807, 2.05) is 60.1 Å². The van der Waals surface area contributed by atoms with Crippen molar-refractivity contribution in [3.8, 4) is 0 Å². The molecular formula is C21H23N5OS2. The minimum absolute atomic E-state index is 0.141. The predicted octanol–water partition coefficient (Wildman–Crippen LogP) is 3.95. The highest BCUT2D eigenvalue weighted by Crippen LogP contribution is 2.26. The van der Waals surface area contributed by atoms with Crippen LogP contribution in [0, 0.1) is 5.41 Å². The van der Waals surface area contributed by atoms with Crippen LogP contribution >= 0.6 is 23.3 Å². The van der Waals surface area contributed by atoms with Gasteiger partial charge in [0.15, 0.2) is 0 Å². The Morgan fingerprint density at radius 3 is 2.66 bits per heavy atom. The number of hydrogen-bond acceptors (Lipinski definition) is 7. The van der Waals surface area contributed by atoms with Crippen molar-refractivity contribution in [1.82, 2.24) is 4.90 Å². The Hall–Kier alpha value is -2.65. The van der Waals surface area contributed by atoms with E-state index in [1.54, 1.807) is 29.5 Å². The van der Waals surface area contributed by atoms with E-state index in [0.717, 1.165) is 22.4 Å². The van der Waals surface area contributed by atoms with E-state index >= 15 is 0 Å². The molecule has 0 bridgehead atoms. The Kier molecular flexibility index (Phi) is 6.71. The summed E-state index contributed by atoms with van der Waals surface area (Å²) in [5, 5.41) is 21.1. The lowest BCUT2D eigenvalue weighted by Gasteiger charge is -2.23. The van der Waals surface area contributed by atoms with Crippen LogP contribution in [-0.2, 0) is 4.79 Å². The van der Waals surface area contributed by atoms with E-state index < -0.39 is 6.04 Å². The van der Waals surface area contributed by atoms with E-state index in [1.165, 1.54) is 0 Å². The zero-order chi connectivity index (χ0) is 21.0. The number of nitrogen functional groups attached to an aromatic ring is 1. The number of carbonyl (C=O) groups excluding carboxylic acids is 1. The molecule has 0 fully saturated rings. The Morgan fingerprint density at radius 1 is 1.21 bits per heavy atom. The van der Waals surface area contributed by atoms with Crippen LogP contribution in [0.4, 0.5) is 11.4 Å². The van der Waals surface area contributed by atoms with Crippen LogP contribution in [-0.4, -0.2) is 30.6 Å². The Morgan fingerprint density at radius 2 is 2.00 bits per heavy atom. The molecule has 8 heteroatoms.